The lowest BCUT2D eigenvalue weighted by molar-refractivity contribution is 0.155. The lowest BCUT2D eigenvalue weighted by atomic mass is 9.63. The van der Waals surface area contributed by atoms with Gasteiger partial charge in [0.25, 0.3) is 0 Å². The van der Waals surface area contributed by atoms with Gasteiger partial charge in [-0.2, -0.15) is 0 Å². The first-order valence-electron chi connectivity index (χ1n) is 7.67. The van der Waals surface area contributed by atoms with Gasteiger partial charge in [0.15, 0.2) is 0 Å². The molecule has 2 atom stereocenters. The standard InChI is InChI=1S/C18H22N2O2/c1-5-14-13-8-11(2)10-18(14,20-17(21)22-4)15-7-6-12(3)19-16(15)9-13/h5-8,13H,9-10H2,1-4H3,(H,20,21)/b14-5+/t13-,18+/m0/s1. The molecule has 0 unspecified atom stereocenters. The molecule has 116 valence electrons. The first-order chi connectivity index (χ1) is 10.5. The molecule has 2 aliphatic rings. The molecule has 1 N–H and O–H groups in total. The molecule has 2 bridgehead atoms. The number of aromatic nitrogens is 1. The van der Waals surface area contributed by atoms with E-state index in [9.17, 15) is 4.79 Å². The Morgan fingerprint density at radius 1 is 1.45 bits per heavy atom. The maximum absolute atomic E-state index is 12.0. The Bertz CT molecular complexity index is 690. The highest BCUT2D eigenvalue weighted by Gasteiger charge is 2.48. The summed E-state index contributed by atoms with van der Waals surface area (Å²) in [5, 5.41) is 3.11. The van der Waals surface area contributed by atoms with Gasteiger partial charge in [0.2, 0.25) is 0 Å². The lowest BCUT2D eigenvalue weighted by Gasteiger charge is -2.47. The molecular formula is C18H22N2O2. The topological polar surface area (TPSA) is 51.2 Å². The molecule has 2 aliphatic carbocycles. The fraction of sp³-hybridized carbons (Fsp3) is 0.444. The van der Waals surface area contributed by atoms with Gasteiger partial charge in [0, 0.05) is 29.3 Å². The molecule has 0 saturated heterocycles. The number of hydrogen-bond acceptors (Lipinski definition) is 3. The zero-order valence-corrected chi connectivity index (χ0v) is 13.6. The number of fused-ring (bicyclic) bond motifs is 4. The minimum absolute atomic E-state index is 0.290. The van der Waals surface area contributed by atoms with Crippen LogP contribution in [0.5, 0.6) is 0 Å². The Morgan fingerprint density at radius 3 is 2.91 bits per heavy atom. The smallest absolute Gasteiger partial charge is 0.407 e. The molecule has 3 rings (SSSR count). The van der Waals surface area contributed by atoms with E-state index in [-0.39, 0.29) is 5.92 Å². The summed E-state index contributed by atoms with van der Waals surface area (Å²) < 4.78 is 4.89. The number of pyridine rings is 1. The van der Waals surface area contributed by atoms with E-state index in [2.05, 4.69) is 30.5 Å². The van der Waals surface area contributed by atoms with Crippen molar-refractivity contribution >= 4 is 6.09 Å². The van der Waals surface area contributed by atoms with Crippen LogP contribution >= 0.6 is 0 Å². The van der Waals surface area contributed by atoms with Crippen LogP contribution in [0, 0.1) is 12.8 Å². The Kier molecular flexibility index (Phi) is 3.55. The molecule has 1 aromatic rings. The van der Waals surface area contributed by atoms with E-state index in [1.807, 2.05) is 19.9 Å². The molecule has 1 amide bonds. The van der Waals surface area contributed by atoms with Gasteiger partial charge < -0.3 is 10.1 Å². The van der Waals surface area contributed by atoms with Crippen molar-refractivity contribution in [2.75, 3.05) is 7.11 Å². The number of carbonyl (C=O) groups is 1. The largest absolute Gasteiger partial charge is 0.453 e. The van der Waals surface area contributed by atoms with Gasteiger partial charge in [-0.1, -0.05) is 23.8 Å². The highest BCUT2D eigenvalue weighted by atomic mass is 16.5. The monoisotopic (exact) mass is 298 g/mol. The average molecular weight is 298 g/mol. The first-order valence-corrected chi connectivity index (χ1v) is 7.67. The zero-order valence-electron chi connectivity index (χ0n) is 13.6. The van der Waals surface area contributed by atoms with E-state index >= 15 is 0 Å². The minimum atomic E-state index is -0.528. The number of ether oxygens (including phenoxy) is 1. The second-order valence-electron chi connectivity index (χ2n) is 6.21. The van der Waals surface area contributed by atoms with Crippen LogP contribution in [0.2, 0.25) is 0 Å². The predicted molar refractivity (Wildman–Crippen MR) is 85.5 cm³/mol. The molecule has 0 aromatic carbocycles. The summed E-state index contributed by atoms with van der Waals surface area (Å²) in [4.78, 5) is 16.7. The average Bonchev–Trinajstić information content (AvgIpc) is 2.45. The second kappa shape index (κ2) is 5.27. The molecule has 0 aliphatic heterocycles. The van der Waals surface area contributed by atoms with E-state index in [0.717, 1.165) is 29.8 Å². The maximum Gasteiger partial charge on any atom is 0.407 e. The predicted octanol–water partition coefficient (Wildman–Crippen LogP) is 3.41. The molecule has 1 aromatic heterocycles. The fourth-order valence-electron chi connectivity index (χ4n) is 3.98. The number of alkyl carbamates (subject to hydrolysis) is 1. The van der Waals surface area contributed by atoms with Gasteiger partial charge in [0.05, 0.1) is 12.6 Å². The van der Waals surface area contributed by atoms with Crippen molar-refractivity contribution < 1.29 is 9.53 Å². The van der Waals surface area contributed by atoms with Gasteiger partial charge in [-0.05, 0) is 38.8 Å². The van der Waals surface area contributed by atoms with E-state index in [4.69, 9.17) is 9.72 Å². The zero-order chi connectivity index (χ0) is 15.9. The van der Waals surface area contributed by atoms with Crippen molar-refractivity contribution in [1.82, 2.24) is 10.3 Å². The second-order valence-corrected chi connectivity index (χ2v) is 6.21. The minimum Gasteiger partial charge on any atom is -0.453 e. The van der Waals surface area contributed by atoms with Crippen molar-refractivity contribution in [3.05, 3.63) is 52.4 Å². The molecule has 0 saturated carbocycles. The van der Waals surface area contributed by atoms with Crippen molar-refractivity contribution in [3.63, 3.8) is 0 Å². The number of amides is 1. The van der Waals surface area contributed by atoms with Gasteiger partial charge >= 0.3 is 6.09 Å². The number of hydrogen-bond donors (Lipinski definition) is 1. The molecular weight excluding hydrogens is 276 g/mol. The fourth-order valence-corrected chi connectivity index (χ4v) is 3.98. The van der Waals surface area contributed by atoms with Crippen molar-refractivity contribution in [2.45, 2.75) is 39.2 Å². The quantitative estimate of drug-likeness (QED) is 0.808. The number of allylic oxidation sites excluding steroid dienone is 2. The third-order valence-electron chi connectivity index (χ3n) is 4.72. The SMILES string of the molecule is C/C=C1\[C@H]2C=C(C)C[C@]1(NC(=O)OC)c1ccc(C)nc1C2. The number of nitrogens with zero attached hydrogens (tertiary/aromatic N) is 1. The van der Waals surface area contributed by atoms with Crippen LogP contribution in [0.4, 0.5) is 4.79 Å². The third kappa shape index (κ3) is 2.14. The summed E-state index contributed by atoms with van der Waals surface area (Å²) in [6, 6.07) is 4.12. The summed E-state index contributed by atoms with van der Waals surface area (Å²) in [6.45, 7) is 6.17. The summed E-state index contributed by atoms with van der Waals surface area (Å²) in [7, 11) is 1.40. The van der Waals surface area contributed by atoms with Crippen LogP contribution in [0.15, 0.2) is 35.4 Å². The number of carbonyl (C=O) groups excluding carboxylic acids is 1. The van der Waals surface area contributed by atoms with Gasteiger partial charge in [-0.15, -0.1) is 0 Å². The molecule has 1 heterocycles. The van der Waals surface area contributed by atoms with Crippen LogP contribution < -0.4 is 5.32 Å². The van der Waals surface area contributed by atoms with Crippen LogP contribution in [-0.4, -0.2) is 18.2 Å². The number of aryl methyl sites for hydroxylation is 1. The van der Waals surface area contributed by atoms with E-state index < -0.39 is 11.6 Å². The van der Waals surface area contributed by atoms with E-state index in [1.165, 1.54) is 18.3 Å². The summed E-state index contributed by atoms with van der Waals surface area (Å²) in [5.41, 5.74) is 5.19. The van der Waals surface area contributed by atoms with Crippen LogP contribution in [0.3, 0.4) is 0 Å². The molecule has 0 radical (unpaired) electrons. The molecule has 0 spiro atoms. The van der Waals surface area contributed by atoms with Gasteiger partial charge in [-0.25, -0.2) is 4.79 Å². The van der Waals surface area contributed by atoms with Crippen molar-refractivity contribution in [1.29, 1.82) is 0 Å². The maximum atomic E-state index is 12.0. The number of rotatable bonds is 1. The van der Waals surface area contributed by atoms with Crippen LogP contribution in [0.1, 0.15) is 37.2 Å². The Hall–Kier alpha value is -2.10. The third-order valence-corrected chi connectivity index (χ3v) is 4.72. The molecule has 0 fully saturated rings. The van der Waals surface area contributed by atoms with Crippen molar-refractivity contribution in [2.24, 2.45) is 5.92 Å². The van der Waals surface area contributed by atoms with Gasteiger partial charge in [0.1, 0.15) is 0 Å². The summed E-state index contributed by atoms with van der Waals surface area (Å²) >= 11 is 0. The molecule has 4 nitrogen and oxygen atoms in total. The normalized spacial score (nSPS) is 27.9. The molecule has 4 heteroatoms. The van der Waals surface area contributed by atoms with E-state index in [0.29, 0.717) is 0 Å². The number of methoxy groups -OCH3 is 1. The van der Waals surface area contributed by atoms with Crippen LogP contribution in [0.25, 0.3) is 0 Å². The lowest BCUT2D eigenvalue weighted by Crippen LogP contribution is -2.53. The first kappa shape index (κ1) is 14.8. The summed E-state index contributed by atoms with van der Waals surface area (Å²) in [5.74, 6) is 0.290. The Morgan fingerprint density at radius 2 is 2.23 bits per heavy atom. The molecule has 22 heavy (non-hydrogen) atoms. The van der Waals surface area contributed by atoms with Crippen LogP contribution in [-0.2, 0) is 16.7 Å². The highest BCUT2D eigenvalue weighted by molar-refractivity contribution is 5.71. The van der Waals surface area contributed by atoms with Gasteiger partial charge in [-0.3, -0.25) is 4.98 Å². The van der Waals surface area contributed by atoms with Crippen molar-refractivity contribution in [3.8, 4) is 0 Å². The van der Waals surface area contributed by atoms with E-state index in [1.54, 1.807) is 0 Å². The Labute approximate surface area is 131 Å². The Balaban J connectivity index is 2.23. The summed E-state index contributed by atoms with van der Waals surface area (Å²) in [6.07, 6.45) is 5.68. The highest BCUT2D eigenvalue weighted by Crippen LogP contribution is 2.49. The number of nitrogens with one attached hydrogen (secondary N) is 1.